The molecule has 0 unspecified atom stereocenters. The summed E-state index contributed by atoms with van der Waals surface area (Å²) in [6.07, 6.45) is 2.28. The normalized spacial score (nSPS) is 14.5. The molecule has 1 aliphatic rings. The van der Waals surface area contributed by atoms with Crippen molar-refractivity contribution in [3.05, 3.63) is 35.6 Å². The minimum Gasteiger partial charge on any atom is -0.406 e. The fourth-order valence-electron chi connectivity index (χ4n) is 4.02. The van der Waals surface area contributed by atoms with E-state index in [1.807, 2.05) is 23.7 Å². The smallest absolute Gasteiger partial charge is 0.406 e. The zero-order chi connectivity index (χ0) is 24.7. The Labute approximate surface area is 204 Å². The lowest BCUT2D eigenvalue weighted by Gasteiger charge is -2.36. The molecule has 5 rings (SSSR count). The number of aromatic amines is 1. The second kappa shape index (κ2) is 8.88. The summed E-state index contributed by atoms with van der Waals surface area (Å²) in [4.78, 5) is 38.4. The number of nitriles is 1. The van der Waals surface area contributed by atoms with Crippen molar-refractivity contribution >= 4 is 45.7 Å². The van der Waals surface area contributed by atoms with Crippen molar-refractivity contribution < 1.29 is 14.3 Å². The van der Waals surface area contributed by atoms with E-state index in [9.17, 15) is 9.59 Å². The van der Waals surface area contributed by atoms with E-state index in [1.165, 1.54) is 11.1 Å². The minimum absolute atomic E-state index is 0.157. The van der Waals surface area contributed by atoms with Gasteiger partial charge in [-0.1, -0.05) is 11.6 Å². The van der Waals surface area contributed by atoms with Crippen LogP contribution in [0, 0.1) is 17.2 Å². The maximum atomic E-state index is 12.5. The van der Waals surface area contributed by atoms with Gasteiger partial charge >= 0.3 is 6.09 Å². The number of likely N-dealkylation sites (tertiary alicyclic amines) is 1. The van der Waals surface area contributed by atoms with Crippen LogP contribution in [0.1, 0.15) is 13.8 Å². The molecular weight excluding hydrogens is 472 g/mol. The summed E-state index contributed by atoms with van der Waals surface area (Å²) < 4.78 is 7.27. The molecule has 12 heteroatoms. The standard InChI is InChI=1S/C23H21ClN8O3/c1-3-32-17-6-14(24)4-5-15(17)19(30-32)16-8-26-21-20(29-16)18(9-27-21)35-23(34)28-12(2)22(33)31-10-13(7-25)11-31/h4-6,8-9,12-13H,3,10-11H2,1-2H3,(H,26,27)(H,28,34)/t12-/m1/s1. The largest absolute Gasteiger partial charge is 0.413 e. The van der Waals surface area contributed by atoms with Gasteiger partial charge in [-0.15, -0.1) is 0 Å². The first-order chi connectivity index (χ1) is 16.9. The molecule has 0 saturated carbocycles. The predicted octanol–water partition coefficient (Wildman–Crippen LogP) is 3.11. The maximum Gasteiger partial charge on any atom is 0.413 e. The maximum absolute atomic E-state index is 12.5. The fraction of sp³-hybridized carbons (Fsp3) is 0.304. The van der Waals surface area contributed by atoms with Crippen molar-refractivity contribution in [2.24, 2.45) is 5.92 Å². The molecule has 0 bridgehead atoms. The van der Waals surface area contributed by atoms with Crippen molar-refractivity contribution in [3.8, 4) is 23.2 Å². The lowest BCUT2D eigenvalue weighted by Crippen LogP contribution is -2.56. The van der Waals surface area contributed by atoms with E-state index in [0.717, 1.165) is 10.9 Å². The van der Waals surface area contributed by atoms with Gasteiger partial charge in [-0.2, -0.15) is 10.4 Å². The summed E-state index contributed by atoms with van der Waals surface area (Å²) in [5, 5.41) is 17.5. The number of H-pyrrole nitrogens is 1. The third-order valence-electron chi connectivity index (χ3n) is 5.88. The third-order valence-corrected chi connectivity index (χ3v) is 6.12. The summed E-state index contributed by atoms with van der Waals surface area (Å²) >= 11 is 6.17. The fourth-order valence-corrected chi connectivity index (χ4v) is 4.19. The van der Waals surface area contributed by atoms with Gasteiger partial charge in [0.1, 0.15) is 17.4 Å². The number of ether oxygens (including phenoxy) is 1. The highest BCUT2D eigenvalue weighted by molar-refractivity contribution is 6.31. The number of carbonyl (C=O) groups excluding carboxylic acids is 2. The van der Waals surface area contributed by atoms with Gasteiger partial charge in [-0.05, 0) is 32.0 Å². The Bertz CT molecular complexity index is 1500. The molecule has 1 fully saturated rings. The van der Waals surface area contributed by atoms with Crippen molar-refractivity contribution in [1.29, 1.82) is 5.26 Å². The molecule has 1 saturated heterocycles. The second-order valence-electron chi connectivity index (χ2n) is 8.26. The van der Waals surface area contributed by atoms with E-state index < -0.39 is 12.1 Å². The first-order valence-electron chi connectivity index (χ1n) is 11.0. The highest BCUT2D eigenvalue weighted by Gasteiger charge is 2.33. The third kappa shape index (κ3) is 4.13. The zero-order valence-corrected chi connectivity index (χ0v) is 19.7. The Hall–Kier alpha value is -4.17. The number of aryl methyl sites for hydroxylation is 1. The van der Waals surface area contributed by atoms with Gasteiger partial charge in [-0.3, -0.25) is 9.48 Å². The van der Waals surface area contributed by atoms with Gasteiger partial charge < -0.3 is 19.9 Å². The van der Waals surface area contributed by atoms with Crippen LogP contribution in [0.3, 0.4) is 0 Å². The van der Waals surface area contributed by atoms with Gasteiger partial charge in [0.05, 0.1) is 23.7 Å². The summed E-state index contributed by atoms with van der Waals surface area (Å²) in [7, 11) is 0. The number of hydrogen-bond donors (Lipinski definition) is 2. The number of hydrogen-bond acceptors (Lipinski definition) is 7. The van der Waals surface area contributed by atoms with Crippen LogP contribution in [-0.4, -0.2) is 60.8 Å². The molecule has 0 aliphatic carbocycles. The summed E-state index contributed by atoms with van der Waals surface area (Å²) in [5.41, 5.74) is 2.81. The Kier molecular flexibility index (Phi) is 5.74. The van der Waals surface area contributed by atoms with Crippen LogP contribution in [0.25, 0.3) is 33.5 Å². The molecule has 3 aromatic heterocycles. The monoisotopic (exact) mass is 492 g/mol. The number of fused-ring (bicyclic) bond motifs is 2. The van der Waals surface area contributed by atoms with Gasteiger partial charge in [0.25, 0.3) is 0 Å². The van der Waals surface area contributed by atoms with E-state index in [4.69, 9.17) is 21.6 Å². The van der Waals surface area contributed by atoms with Crippen LogP contribution in [0.2, 0.25) is 5.02 Å². The molecule has 4 heterocycles. The van der Waals surface area contributed by atoms with E-state index in [1.54, 1.807) is 19.2 Å². The van der Waals surface area contributed by atoms with Gasteiger partial charge in [0, 0.05) is 36.2 Å². The van der Waals surface area contributed by atoms with Crippen LogP contribution >= 0.6 is 11.6 Å². The molecule has 35 heavy (non-hydrogen) atoms. The molecule has 178 valence electrons. The first-order valence-corrected chi connectivity index (χ1v) is 11.4. The molecule has 2 N–H and O–H groups in total. The topological polar surface area (TPSA) is 142 Å². The highest BCUT2D eigenvalue weighted by Crippen LogP contribution is 2.31. The van der Waals surface area contributed by atoms with E-state index in [-0.39, 0.29) is 17.6 Å². The average Bonchev–Trinajstić information content (AvgIpc) is 3.38. The van der Waals surface area contributed by atoms with Crippen LogP contribution in [0.4, 0.5) is 4.79 Å². The van der Waals surface area contributed by atoms with Crippen molar-refractivity contribution in [2.75, 3.05) is 13.1 Å². The van der Waals surface area contributed by atoms with E-state index >= 15 is 0 Å². The SMILES string of the molecule is CCn1nc(-c2cnc3[nH]cc(OC(=O)N[C@H](C)C(=O)N4CC(C#N)C4)c3n2)c2ccc(Cl)cc21. The van der Waals surface area contributed by atoms with Crippen molar-refractivity contribution in [1.82, 2.24) is 34.9 Å². The first kappa shape index (κ1) is 22.6. The molecule has 4 aromatic rings. The Morgan fingerprint density at radius 2 is 2.20 bits per heavy atom. The lowest BCUT2D eigenvalue weighted by atomic mass is 10.0. The number of rotatable bonds is 5. The number of carbonyl (C=O) groups is 2. The number of benzene rings is 1. The molecule has 1 aliphatic heterocycles. The number of nitrogens with one attached hydrogen (secondary N) is 2. The Morgan fingerprint density at radius 3 is 2.94 bits per heavy atom. The van der Waals surface area contributed by atoms with E-state index in [0.29, 0.717) is 47.2 Å². The van der Waals surface area contributed by atoms with Gasteiger partial charge in [0.2, 0.25) is 5.91 Å². The van der Waals surface area contributed by atoms with Crippen LogP contribution in [0.5, 0.6) is 5.75 Å². The summed E-state index contributed by atoms with van der Waals surface area (Å²) in [5.74, 6) is -0.259. The highest BCUT2D eigenvalue weighted by atomic mass is 35.5. The Balaban J connectivity index is 1.37. The number of nitrogens with zero attached hydrogens (tertiary/aromatic N) is 6. The van der Waals surface area contributed by atoms with Gasteiger partial charge in [-0.25, -0.2) is 14.8 Å². The van der Waals surface area contributed by atoms with Crippen molar-refractivity contribution in [2.45, 2.75) is 26.4 Å². The molecule has 11 nitrogen and oxygen atoms in total. The van der Waals surface area contributed by atoms with Crippen LogP contribution in [-0.2, 0) is 11.3 Å². The number of aromatic nitrogens is 5. The molecule has 1 atom stereocenters. The molecular formula is C23H21ClN8O3. The Morgan fingerprint density at radius 1 is 1.40 bits per heavy atom. The zero-order valence-electron chi connectivity index (χ0n) is 18.9. The minimum atomic E-state index is -0.801. The average molecular weight is 493 g/mol. The number of amides is 2. The second-order valence-corrected chi connectivity index (χ2v) is 8.69. The lowest BCUT2D eigenvalue weighted by molar-refractivity contribution is -0.137. The summed E-state index contributed by atoms with van der Waals surface area (Å²) in [6.45, 7) is 4.94. The van der Waals surface area contributed by atoms with Gasteiger partial charge in [0.15, 0.2) is 16.9 Å². The summed E-state index contributed by atoms with van der Waals surface area (Å²) in [6, 6.07) is 6.83. The van der Waals surface area contributed by atoms with Crippen LogP contribution < -0.4 is 10.1 Å². The molecule has 1 aromatic carbocycles. The molecule has 0 spiro atoms. The van der Waals surface area contributed by atoms with Crippen molar-refractivity contribution in [3.63, 3.8) is 0 Å². The number of halogens is 1. The van der Waals surface area contributed by atoms with E-state index in [2.05, 4.69) is 31.4 Å². The predicted molar refractivity (Wildman–Crippen MR) is 128 cm³/mol. The van der Waals surface area contributed by atoms with Crippen LogP contribution in [0.15, 0.2) is 30.6 Å². The quantitative estimate of drug-likeness (QED) is 0.435. The molecule has 2 amide bonds. The molecule has 0 radical (unpaired) electrons.